The number of para-hydroxylation sites is 1. The summed E-state index contributed by atoms with van der Waals surface area (Å²) in [6, 6.07) is 14.0. The summed E-state index contributed by atoms with van der Waals surface area (Å²) >= 11 is 0. The second kappa shape index (κ2) is 6.34. The molecule has 0 saturated heterocycles. The normalized spacial score (nSPS) is 12.3. The number of benzene rings is 2. The number of nitrogens with one attached hydrogen (secondary N) is 1. The fourth-order valence-electron chi connectivity index (χ4n) is 2.13. The molecule has 1 atom stereocenters. The van der Waals surface area contributed by atoms with Crippen LogP contribution in [0.3, 0.4) is 0 Å². The van der Waals surface area contributed by atoms with Gasteiger partial charge in [0.05, 0.1) is 0 Å². The van der Waals surface area contributed by atoms with Gasteiger partial charge in [0.25, 0.3) is 0 Å². The van der Waals surface area contributed by atoms with E-state index in [1.807, 2.05) is 25.1 Å². The summed E-state index contributed by atoms with van der Waals surface area (Å²) in [7, 11) is 0. The molecule has 100 valence electrons. The van der Waals surface area contributed by atoms with Crippen LogP contribution in [0.15, 0.2) is 48.5 Å². The van der Waals surface area contributed by atoms with Gasteiger partial charge in [0.15, 0.2) is 0 Å². The number of phenols is 1. The Bertz CT molecular complexity index is 542. The van der Waals surface area contributed by atoms with Gasteiger partial charge in [0.1, 0.15) is 11.6 Å². The molecule has 19 heavy (non-hydrogen) atoms. The van der Waals surface area contributed by atoms with Gasteiger partial charge in [-0.3, -0.25) is 0 Å². The monoisotopic (exact) mass is 259 g/mol. The summed E-state index contributed by atoms with van der Waals surface area (Å²) in [6.45, 7) is 2.48. The number of phenolic OH excluding ortho intramolecular Hbond substituents is 1. The average Bonchev–Trinajstić information content (AvgIpc) is 2.43. The van der Waals surface area contributed by atoms with Crippen molar-refractivity contribution in [2.75, 3.05) is 0 Å². The van der Waals surface area contributed by atoms with Gasteiger partial charge in [-0.2, -0.15) is 0 Å². The van der Waals surface area contributed by atoms with Crippen LogP contribution in [0.1, 0.15) is 30.5 Å². The fraction of sp³-hybridized carbons (Fsp3) is 0.250. The second-order valence-electron chi connectivity index (χ2n) is 4.49. The van der Waals surface area contributed by atoms with Crippen molar-refractivity contribution < 1.29 is 9.50 Å². The van der Waals surface area contributed by atoms with Crippen molar-refractivity contribution in [1.29, 1.82) is 0 Å². The number of halogens is 1. The van der Waals surface area contributed by atoms with Crippen molar-refractivity contribution in [1.82, 2.24) is 5.32 Å². The van der Waals surface area contributed by atoms with Crippen molar-refractivity contribution in [3.05, 3.63) is 65.5 Å². The first kappa shape index (κ1) is 13.6. The van der Waals surface area contributed by atoms with Gasteiger partial charge >= 0.3 is 0 Å². The Morgan fingerprint density at radius 3 is 2.47 bits per heavy atom. The number of hydrogen-bond acceptors (Lipinski definition) is 2. The molecular formula is C16H18FNO. The maximum Gasteiger partial charge on any atom is 0.127 e. The third-order valence-electron chi connectivity index (χ3n) is 3.22. The molecule has 0 aliphatic carbocycles. The zero-order chi connectivity index (χ0) is 13.7. The van der Waals surface area contributed by atoms with E-state index in [9.17, 15) is 9.50 Å². The molecule has 0 fully saturated rings. The largest absolute Gasteiger partial charge is 0.508 e. The van der Waals surface area contributed by atoms with Crippen molar-refractivity contribution in [3.63, 3.8) is 0 Å². The summed E-state index contributed by atoms with van der Waals surface area (Å²) in [5.74, 6) is 0.0671. The maximum absolute atomic E-state index is 13.5. The molecule has 0 heterocycles. The van der Waals surface area contributed by atoms with E-state index in [0.717, 1.165) is 12.0 Å². The molecule has 3 heteroatoms. The van der Waals surface area contributed by atoms with Crippen molar-refractivity contribution in [2.24, 2.45) is 0 Å². The van der Waals surface area contributed by atoms with Crippen LogP contribution in [0, 0.1) is 5.82 Å². The first-order valence-electron chi connectivity index (χ1n) is 6.47. The molecule has 0 bridgehead atoms. The highest BCUT2D eigenvalue weighted by molar-refractivity contribution is 5.34. The van der Waals surface area contributed by atoms with Crippen molar-refractivity contribution in [2.45, 2.75) is 25.9 Å². The molecule has 0 radical (unpaired) electrons. The van der Waals surface area contributed by atoms with Crippen molar-refractivity contribution in [3.8, 4) is 5.75 Å². The second-order valence-corrected chi connectivity index (χ2v) is 4.49. The van der Waals surface area contributed by atoms with E-state index in [-0.39, 0.29) is 17.6 Å². The molecule has 0 saturated carbocycles. The van der Waals surface area contributed by atoms with Crippen LogP contribution in [-0.4, -0.2) is 5.11 Å². The lowest BCUT2D eigenvalue weighted by atomic mass is 10.0. The zero-order valence-electron chi connectivity index (χ0n) is 10.9. The highest BCUT2D eigenvalue weighted by atomic mass is 19.1. The molecule has 2 aromatic carbocycles. The van der Waals surface area contributed by atoms with E-state index in [0.29, 0.717) is 12.1 Å². The van der Waals surface area contributed by atoms with E-state index in [1.54, 1.807) is 24.3 Å². The van der Waals surface area contributed by atoms with E-state index in [2.05, 4.69) is 5.32 Å². The molecular weight excluding hydrogens is 241 g/mol. The van der Waals surface area contributed by atoms with Gasteiger partial charge in [-0.25, -0.2) is 4.39 Å². The number of aromatic hydroxyl groups is 1. The molecule has 0 spiro atoms. The lowest BCUT2D eigenvalue weighted by Gasteiger charge is -2.18. The minimum atomic E-state index is -0.206. The summed E-state index contributed by atoms with van der Waals surface area (Å²) in [5, 5.41) is 13.1. The standard InChI is InChI=1S/C16H18FNO/c1-2-15(13-8-4-6-10-16(13)19)18-11-12-7-3-5-9-14(12)17/h3-10,15,18-19H,2,11H2,1H3. The summed E-state index contributed by atoms with van der Waals surface area (Å²) in [4.78, 5) is 0. The molecule has 0 aliphatic rings. The molecule has 2 aromatic rings. The summed E-state index contributed by atoms with van der Waals surface area (Å²) in [6.07, 6.45) is 0.825. The third kappa shape index (κ3) is 3.32. The molecule has 0 aliphatic heterocycles. The molecule has 0 aromatic heterocycles. The number of hydrogen-bond donors (Lipinski definition) is 2. The highest BCUT2D eigenvalue weighted by Gasteiger charge is 2.13. The van der Waals surface area contributed by atoms with Crippen LogP contribution in [0.25, 0.3) is 0 Å². The highest BCUT2D eigenvalue weighted by Crippen LogP contribution is 2.26. The van der Waals surface area contributed by atoms with Gasteiger partial charge in [0, 0.05) is 23.7 Å². The van der Waals surface area contributed by atoms with Crippen LogP contribution >= 0.6 is 0 Å². The van der Waals surface area contributed by atoms with E-state index < -0.39 is 0 Å². The summed E-state index contributed by atoms with van der Waals surface area (Å²) in [5.41, 5.74) is 1.48. The van der Waals surface area contributed by atoms with E-state index in [4.69, 9.17) is 0 Å². The molecule has 1 unspecified atom stereocenters. The molecule has 2 N–H and O–H groups in total. The van der Waals surface area contributed by atoms with Crippen LogP contribution in [0.4, 0.5) is 4.39 Å². The Balaban J connectivity index is 2.09. The average molecular weight is 259 g/mol. The lowest BCUT2D eigenvalue weighted by Crippen LogP contribution is -2.20. The molecule has 2 nitrogen and oxygen atoms in total. The van der Waals surface area contributed by atoms with Gasteiger partial charge in [0.2, 0.25) is 0 Å². The predicted octanol–water partition coefficient (Wildman–Crippen LogP) is 3.77. The Morgan fingerprint density at radius 2 is 1.79 bits per heavy atom. The maximum atomic E-state index is 13.5. The van der Waals surface area contributed by atoms with Crippen LogP contribution < -0.4 is 5.32 Å². The third-order valence-corrected chi connectivity index (χ3v) is 3.22. The van der Waals surface area contributed by atoms with E-state index in [1.165, 1.54) is 6.07 Å². The zero-order valence-corrected chi connectivity index (χ0v) is 10.9. The minimum Gasteiger partial charge on any atom is -0.508 e. The first-order valence-corrected chi connectivity index (χ1v) is 6.47. The van der Waals surface area contributed by atoms with Gasteiger partial charge in [-0.05, 0) is 18.6 Å². The van der Waals surface area contributed by atoms with E-state index >= 15 is 0 Å². The van der Waals surface area contributed by atoms with Crippen molar-refractivity contribution >= 4 is 0 Å². The van der Waals surface area contributed by atoms with Crippen LogP contribution in [0.5, 0.6) is 5.75 Å². The summed E-state index contributed by atoms with van der Waals surface area (Å²) < 4.78 is 13.5. The molecule has 2 rings (SSSR count). The minimum absolute atomic E-state index is 0.0146. The first-order chi connectivity index (χ1) is 9.22. The Hall–Kier alpha value is -1.87. The molecule has 0 amide bonds. The Morgan fingerprint density at radius 1 is 1.11 bits per heavy atom. The SMILES string of the molecule is CCC(NCc1ccccc1F)c1ccccc1O. The van der Waals surface area contributed by atoms with Crippen LogP contribution in [0.2, 0.25) is 0 Å². The number of rotatable bonds is 5. The van der Waals surface area contributed by atoms with Gasteiger partial charge in [-0.15, -0.1) is 0 Å². The topological polar surface area (TPSA) is 32.3 Å². The van der Waals surface area contributed by atoms with Gasteiger partial charge in [-0.1, -0.05) is 43.3 Å². The smallest absolute Gasteiger partial charge is 0.127 e. The Kier molecular flexibility index (Phi) is 4.53. The lowest BCUT2D eigenvalue weighted by molar-refractivity contribution is 0.439. The Labute approximate surface area is 112 Å². The fourth-order valence-corrected chi connectivity index (χ4v) is 2.13. The van der Waals surface area contributed by atoms with Gasteiger partial charge < -0.3 is 10.4 Å². The quantitative estimate of drug-likeness (QED) is 0.856. The predicted molar refractivity (Wildman–Crippen MR) is 74.4 cm³/mol. The van der Waals surface area contributed by atoms with Crippen LogP contribution in [-0.2, 0) is 6.54 Å².